The van der Waals surface area contributed by atoms with Crippen molar-refractivity contribution in [1.29, 1.82) is 0 Å². The Morgan fingerprint density at radius 2 is 2.00 bits per heavy atom. The van der Waals surface area contributed by atoms with Crippen LogP contribution in [0, 0.1) is 5.82 Å². The van der Waals surface area contributed by atoms with Crippen molar-refractivity contribution in [3.05, 3.63) is 59.3 Å². The van der Waals surface area contributed by atoms with Gasteiger partial charge in [-0.2, -0.15) is 0 Å². The molecule has 0 spiro atoms. The standard InChI is InChI=1S/C17H16ClFN4/c1-23(2)12-4-3-11(21-10-12)9-22-16-5-6-20-17-8-14(18)15(19)7-13(16)17/h3-8,10H,9H2,1-2H3,(H,20,22). The molecule has 0 fully saturated rings. The summed E-state index contributed by atoms with van der Waals surface area (Å²) < 4.78 is 13.7. The zero-order chi connectivity index (χ0) is 16.4. The van der Waals surface area contributed by atoms with E-state index in [1.165, 1.54) is 12.1 Å². The molecule has 0 radical (unpaired) electrons. The molecule has 0 atom stereocenters. The number of anilines is 2. The molecule has 2 aromatic heterocycles. The first kappa shape index (κ1) is 15.5. The minimum absolute atomic E-state index is 0.0723. The highest BCUT2D eigenvalue weighted by atomic mass is 35.5. The van der Waals surface area contributed by atoms with Crippen LogP contribution in [0.4, 0.5) is 15.8 Å². The smallest absolute Gasteiger partial charge is 0.142 e. The van der Waals surface area contributed by atoms with E-state index in [1.807, 2.05) is 43.4 Å². The van der Waals surface area contributed by atoms with Crippen molar-refractivity contribution in [2.24, 2.45) is 0 Å². The highest BCUT2D eigenvalue weighted by Gasteiger charge is 2.07. The summed E-state index contributed by atoms with van der Waals surface area (Å²) in [4.78, 5) is 10.6. The van der Waals surface area contributed by atoms with Gasteiger partial charge >= 0.3 is 0 Å². The summed E-state index contributed by atoms with van der Waals surface area (Å²) in [5, 5.41) is 4.04. The molecule has 0 unspecified atom stereocenters. The van der Waals surface area contributed by atoms with Crippen molar-refractivity contribution in [2.45, 2.75) is 6.54 Å². The van der Waals surface area contributed by atoms with Gasteiger partial charge in [-0.3, -0.25) is 9.97 Å². The molecule has 1 aromatic carbocycles. The Labute approximate surface area is 138 Å². The van der Waals surface area contributed by atoms with Crippen LogP contribution < -0.4 is 10.2 Å². The minimum atomic E-state index is -0.455. The van der Waals surface area contributed by atoms with Crippen LogP contribution in [-0.2, 0) is 6.54 Å². The second kappa shape index (κ2) is 6.38. The molecule has 2 heterocycles. The minimum Gasteiger partial charge on any atom is -0.379 e. The number of hydrogen-bond acceptors (Lipinski definition) is 4. The number of benzene rings is 1. The van der Waals surface area contributed by atoms with Crippen LogP contribution in [0.25, 0.3) is 10.9 Å². The summed E-state index contributed by atoms with van der Waals surface area (Å²) in [6.45, 7) is 0.539. The Morgan fingerprint density at radius 1 is 1.17 bits per heavy atom. The van der Waals surface area contributed by atoms with Crippen LogP contribution >= 0.6 is 11.6 Å². The van der Waals surface area contributed by atoms with Gasteiger partial charge in [0.1, 0.15) is 5.82 Å². The third-order valence-electron chi connectivity index (χ3n) is 3.57. The first-order chi connectivity index (χ1) is 11.0. The van der Waals surface area contributed by atoms with E-state index in [0.29, 0.717) is 17.4 Å². The van der Waals surface area contributed by atoms with E-state index in [0.717, 1.165) is 17.1 Å². The normalized spacial score (nSPS) is 10.8. The predicted octanol–water partition coefficient (Wildman–Crippen LogP) is 4.10. The average Bonchev–Trinajstić information content (AvgIpc) is 2.54. The summed E-state index contributed by atoms with van der Waals surface area (Å²) in [5.74, 6) is -0.455. The van der Waals surface area contributed by atoms with Crippen molar-refractivity contribution in [3.8, 4) is 0 Å². The lowest BCUT2D eigenvalue weighted by Crippen LogP contribution is -2.09. The topological polar surface area (TPSA) is 41.0 Å². The van der Waals surface area contributed by atoms with Crippen molar-refractivity contribution < 1.29 is 4.39 Å². The Kier molecular flexibility index (Phi) is 4.30. The van der Waals surface area contributed by atoms with E-state index in [1.54, 1.807) is 6.20 Å². The maximum absolute atomic E-state index is 13.7. The van der Waals surface area contributed by atoms with Gasteiger partial charge in [-0.1, -0.05) is 11.6 Å². The highest BCUT2D eigenvalue weighted by molar-refractivity contribution is 6.31. The lowest BCUT2D eigenvalue weighted by Gasteiger charge is -2.13. The Balaban J connectivity index is 1.83. The van der Waals surface area contributed by atoms with E-state index >= 15 is 0 Å². The molecule has 0 saturated heterocycles. The largest absolute Gasteiger partial charge is 0.379 e. The molecule has 0 amide bonds. The zero-order valence-corrected chi connectivity index (χ0v) is 13.6. The molecule has 0 aliphatic carbocycles. The van der Waals surface area contributed by atoms with Gasteiger partial charge in [-0.25, -0.2) is 4.39 Å². The third kappa shape index (κ3) is 3.35. The quantitative estimate of drug-likeness (QED) is 0.782. The number of nitrogens with zero attached hydrogens (tertiary/aromatic N) is 3. The van der Waals surface area contributed by atoms with Crippen LogP contribution in [0.3, 0.4) is 0 Å². The summed E-state index contributed by atoms with van der Waals surface area (Å²) in [6, 6.07) is 8.71. The highest BCUT2D eigenvalue weighted by Crippen LogP contribution is 2.27. The third-order valence-corrected chi connectivity index (χ3v) is 3.86. The second-order valence-electron chi connectivity index (χ2n) is 5.40. The first-order valence-corrected chi connectivity index (χ1v) is 7.52. The maximum Gasteiger partial charge on any atom is 0.142 e. The lowest BCUT2D eigenvalue weighted by atomic mass is 10.2. The Hall–Kier alpha value is -2.40. The fourth-order valence-corrected chi connectivity index (χ4v) is 2.42. The predicted molar refractivity (Wildman–Crippen MR) is 92.6 cm³/mol. The molecule has 6 heteroatoms. The van der Waals surface area contributed by atoms with Crippen molar-refractivity contribution in [1.82, 2.24) is 9.97 Å². The molecule has 0 saturated carbocycles. The molecule has 0 aliphatic heterocycles. The number of hydrogen-bond donors (Lipinski definition) is 1. The van der Waals surface area contributed by atoms with Crippen molar-refractivity contribution >= 4 is 33.9 Å². The second-order valence-corrected chi connectivity index (χ2v) is 5.80. The van der Waals surface area contributed by atoms with E-state index in [4.69, 9.17) is 11.6 Å². The van der Waals surface area contributed by atoms with E-state index in [9.17, 15) is 4.39 Å². The molecule has 0 bridgehead atoms. The van der Waals surface area contributed by atoms with Gasteiger partial charge in [0.05, 0.1) is 34.7 Å². The number of nitrogens with one attached hydrogen (secondary N) is 1. The van der Waals surface area contributed by atoms with Crippen LogP contribution in [0.15, 0.2) is 42.7 Å². The Bertz CT molecular complexity index is 834. The number of aromatic nitrogens is 2. The first-order valence-electron chi connectivity index (χ1n) is 7.14. The summed E-state index contributed by atoms with van der Waals surface area (Å²) >= 11 is 5.80. The number of halogens is 2. The van der Waals surface area contributed by atoms with Crippen LogP contribution in [0.2, 0.25) is 5.02 Å². The number of fused-ring (bicyclic) bond motifs is 1. The lowest BCUT2D eigenvalue weighted by molar-refractivity contribution is 0.630. The fraction of sp³-hybridized carbons (Fsp3) is 0.176. The van der Waals surface area contributed by atoms with Gasteiger partial charge in [0, 0.05) is 31.4 Å². The molecule has 4 nitrogen and oxygen atoms in total. The van der Waals surface area contributed by atoms with Gasteiger partial charge in [-0.05, 0) is 30.3 Å². The molecule has 1 N–H and O–H groups in total. The summed E-state index contributed by atoms with van der Waals surface area (Å²) in [7, 11) is 3.94. The van der Waals surface area contributed by atoms with Crippen molar-refractivity contribution in [2.75, 3.05) is 24.3 Å². The van der Waals surface area contributed by atoms with Gasteiger partial charge < -0.3 is 10.2 Å². The maximum atomic E-state index is 13.7. The van der Waals surface area contributed by atoms with Crippen LogP contribution in [0.1, 0.15) is 5.69 Å². The van der Waals surface area contributed by atoms with Gasteiger partial charge in [0.15, 0.2) is 0 Å². The Morgan fingerprint density at radius 3 is 2.70 bits per heavy atom. The average molecular weight is 331 g/mol. The SMILES string of the molecule is CN(C)c1ccc(CNc2ccnc3cc(Cl)c(F)cc23)nc1. The monoisotopic (exact) mass is 330 g/mol. The molecule has 0 aliphatic rings. The van der Waals surface area contributed by atoms with Gasteiger partial charge in [0.25, 0.3) is 0 Å². The summed E-state index contributed by atoms with van der Waals surface area (Å²) in [6.07, 6.45) is 3.49. The molecule has 118 valence electrons. The van der Waals surface area contributed by atoms with Crippen LogP contribution in [0.5, 0.6) is 0 Å². The number of rotatable bonds is 4. The molecular formula is C17H16ClFN4. The van der Waals surface area contributed by atoms with Crippen LogP contribution in [-0.4, -0.2) is 24.1 Å². The van der Waals surface area contributed by atoms with E-state index in [2.05, 4.69) is 15.3 Å². The molecule has 3 rings (SSSR count). The van der Waals surface area contributed by atoms with E-state index in [-0.39, 0.29) is 5.02 Å². The zero-order valence-electron chi connectivity index (χ0n) is 12.8. The fourth-order valence-electron chi connectivity index (χ4n) is 2.27. The molecule has 3 aromatic rings. The molecular weight excluding hydrogens is 315 g/mol. The van der Waals surface area contributed by atoms with Gasteiger partial charge in [0.2, 0.25) is 0 Å². The van der Waals surface area contributed by atoms with E-state index < -0.39 is 5.82 Å². The molecule has 23 heavy (non-hydrogen) atoms. The number of pyridine rings is 2. The summed E-state index contributed by atoms with van der Waals surface area (Å²) in [5.41, 5.74) is 3.39. The van der Waals surface area contributed by atoms with Crippen molar-refractivity contribution in [3.63, 3.8) is 0 Å². The van der Waals surface area contributed by atoms with Gasteiger partial charge in [-0.15, -0.1) is 0 Å².